The molecule has 34 heteroatoms. The summed E-state index contributed by atoms with van der Waals surface area (Å²) in [6, 6.07) is -11.0. The van der Waals surface area contributed by atoms with Crippen LogP contribution in [0.15, 0.2) is 29.3 Å². The fourth-order valence-corrected chi connectivity index (χ4v) is 8.18. The minimum absolute atomic E-state index is 0.0449. The third-order valence-electron chi connectivity index (χ3n) is 12.4. The summed E-state index contributed by atoms with van der Waals surface area (Å²) in [6.45, 7) is 7.67. The number of aliphatic hydroxyl groups is 1. The molecule has 84 heavy (non-hydrogen) atoms. The third-order valence-corrected chi connectivity index (χ3v) is 13.2. The molecule has 0 spiro atoms. The second-order valence-electron chi connectivity index (χ2n) is 20.0. The summed E-state index contributed by atoms with van der Waals surface area (Å²) >= 11 is 8.12. The lowest BCUT2D eigenvalue weighted by molar-refractivity contribution is -0.142. The van der Waals surface area contributed by atoms with E-state index in [0.29, 0.717) is 5.56 Å². The highest BCUT2D eigenvalue weighted by atomic mass is 32.1. The van der Waals surface area contributed by atoms with E-state index in [0.717, 1.165) is 6.92 Å². The van der Waals surface area contributed by atoms with E-state index in [1.54, 1.807) is 20.8 Å². The number of carbonyl (C=O) groups excluding carboxylic acids is 10. The lowest BCUT2D eigenvalue weighted by atomic mass is 9.96. The molecule has 1 rings (SSSR count). The Morgan fingerprint density at radius 3 is 1.49 bits per heavy atom. The van der Waals surface area contributed by atoms with Crippen LogP contribution >= 0.6 is 25.3 Å². The number of aromatic hydroxyl groups is 1. The van der Waals surface area contributed by atoms with Crippen LogP contribution in [0.2, 0.25) is 0 Å². The first-order chi connectivity index (χ1) is 39.2. The smallest absolute Gasteiger partial charge is 0.326 e. The van der Waals surface area contributed by atoms with Gasteiger partial charge in [-0.1, -0.05) is 46.2 Å². The number of hydrogen-bond donors (Lipinski definition) is 20. The van der Waals surface area contributed by atoms with Gasteiger partial charge in [-0.15, -0.1) is 0 Å². The number of nitrogens with zero attached hydrogens (tertiary/aromatic N) is 1. The van der Waals surface area contributed by atoms with Crippen LogP contribution in [-0.4, -0.2) is 193 Å². The number of guanidine groups is 1. The number of nitrogens with two attached hydrogens (primary N) is 4. The van der Waals surface area contributed by atoms with E-state index in [4.69, 9.17) is 28.0 Å². The van der Waals surface area contributed by atoms with E-state index in [-0.39, 0.29) is 62.0 Å². The average molecular weight is 1230 g/mol. The number of carboxylic acids is 3. The summed E-state index contributed by atoms with van der Waals surface area (Å²) in [5.41, 5.74) is 22.0. The SMILES string of the molecule is CC[C@H](C)[C@H](NC(=O)[C@H](Cc1ccc(O)cc1)NC(=O)[C@H](CC(N)=O)NC(=O)[C@H](CS)NC(=O)[C@H](CS)NC(=O)[C@@H](N)CC(=O)O)C(=O)N[C@H](C(=O)N[C@@H](CCC(=O)O)C(=O)N[C@@H](CC(C)C)C(=O)N[C@@H](CCCN=C(N)N)C(=O)O)[C@@H](C)O. The molecule has 0 fully saturated rings. The lowest BCUT2D eigenvalue weighted by Crippen LogP contribution is -2.63. The van der Waals surface area contributed by atoms with Gasteiger partial charge in [-0.25, -0.2) is 4.79 Å². The van der Waals surface area contributed by atoms with Gasteiger partial charge in [0, 0.05) is 30.9 Å². The molecule has 0 aromatic heterocycles. The predicted octanol–water partition coefficient (Wildman–Crippen LogP) is -5.69. The van der Waals surface area contributed by atoms with Crippen molar-refractivity contribution < 1.29 is 87.9 Å². The third kappa shape index (κ3) is 27.4. The first kappa shape index (κ1) is 74.0. The first-order valence-corrected chi connectivity index (χ1v) is 27.7. The van der Waals surface area contributed by atoms with Gasteiger partial charge in [-0.3, -0.25) is 62.5 Å². The number of phenolic OH excluding ortho intramolecular Hbond substituents is 1. The number of carbonyl (C=O) groups is 13. The lowest BCUT2D eigenvalue weighted by Gasteiger charge is -2.30. The summed E-state index contributed by atoms with van der Waals surface area (Å²) in [4.78, 5) is 174. The normalized spacial score (nSPS) is 15.3. The highest BCUT2D eigenvalue weighted by Crippen LogP contribution is 2.15. The van der Waals surface area contributed by atoms with E-state index in [9.17, 15) is 82.8 Å². The van der Waals surface area contributed by atoms with Crippen LogP contribution in [0.5, 0.6) is 5.75 Å². The van der Waals surface area contributed by atoms with Crippen molar-refractivity contribution in [1.82, 2.24) is 47.9 Å². The Labute approximate surface area is 494 Å². The van der Waals surface area contributed by atoms with Gasteiger partial charge in [0.05, 0.1) is 25.0 Å². The maximum absolute atomic E-state index is 14.4. The van der Waals surface area contributed by atoms with E-state index < -0.39 is 181 Å². The van der Waals surface area contributed by atoms with Crippen molar-refractivity contribution in [3.05, 3.63) is 29.8 Å². The number of aliphatic carboxylic acids is 3. The molecule has 0 heterocycles. The fraction of sp³-hybridized carbons (Fsp3) is 0.600. The molecule has 1 aromatic carbocycles. The Balaban J connectivity index is 3.57. The first-order valence-electron chi connectivity index (χ1n) is 26.4. The highest BCUT2D eigenvalue weighted by molar-refractivity contribution is 7.80. The van der Waals surface area contributed by atoms with Gasteiger partial charge in [0.15, 0.2) is 5.96 Å². The maximum atomic E-state index is 14.4. The van der Waals surface area contributed by atoms with Crippen molar-refractivity contribution in [2.24, 2.45) is 39.8 Å². The van der Waals surface area contributed by atoms with Crippen molar-refractivity contribution in [2.45, 2.75) is 159 Å². The van der Waals surface area contributed by atoms with Crippen LogP contribution < -0.4 is 70.8 Å². The van der Waals surface area contributed by atoms with Crippen molar-refractivity contribution in [2.75, 3.05) is 18.1 Å². The zero-order valence-corrected chi connectivity index (χ0v) is 48.8. The van der Waals surface area contributed by atoms with Crippen molar-refractivity contribution in [1.29, 1.82) is 0 Å². The number of primary amides is 1. The number of amides is 10. The Hall–Kier alpha value is -7.98. The van der Waals surface area contributed by atoms with Crippen molar-refractivity contribution >= 4 is 108 Å². The second-order valence-corrected chi connectivity index (χ2v) is 20.7. The molecule has 0 aliphatic carbocycles. The number of thiol groups is 2. The van der Waals surface area contributed by atoms with Crippen LogP contribution in [0, 0.1) is 11.8 Å². The van der Waals surface area contributed by atoms with E-state index in [2.05, 4.69) is 78.1 Å². The quantitative estimate of drug-likeness (QED) is 0.0126. The molecular weight excluding hydrogens is 1150 g/mol. The number of phenols is 1. The standard InChI is InChI=1S/C50H80N14O18S2/c1-6-23(4)38(47(79)64-39(24(5)65)48(80)56-28(13-14-36(68)69)41(73)58-30(16-22(2)3)42(74)57-29(49(81)82)8-7-15-55-50(53)54)63-44(76)31(17-25-9-11-26(66)12-10-25)59-43(75)32(19-35(52)67)60-45(77)34(21-84)62-46(78)33(20-83)61-40(72)27(51)18-37(70)71/h9-12,22-24,27-34,38-39,65-66,83-84H,6-8,13-21,51H2,1-5H3,(H2,52,67)(H,56,80)(H,57,74)(H,58,73)(H,59,75)(H,60,77)(H,61,72)(H,62,78)(H,63,76)(H,64,79)(H,68,69)(H,70,71)(H,81,82)(H4,53,54,55)/t23-,24+,27-,28-,29-,30-,31-,32-,33-,34-,38-,39-/m0/s1. The zero-order chi connectivity index (χ0) is 64.1. The predicted molar refractivity (Wildman–Crippen MR) is 306 cm³/mol. The van der Waals surface area contributed by atoms with Crippen molar-refractivity contribution in [3.8, 4) is 5.75 Å². The average Bonchev–Trinajstić information content (AvgIpc) is 3.54. The number of aliphatic hydroxyl groups excluding tert-OH is 1. The van der Waals surface area contributed by atoms with Gasteiger partial charge in [0.1, 0.15) is 60.1 Å². The molecular formula is C50H80N14O18S2. The molecule has 0 radical (unpaired) electrons. The molecule has 32 nitrogen and oxygen atoms in total. The maximum Gasteiger partial charge on any atom is 0.326 e. The monoisotopic (exact) mass is 1230 g/mol. The molecule has 0 saturated carbocycles. The minimum atomic E-state index is -1.92. The molecule has 0 bridgehead atoms. The molecule has 22 N–H and O–H groups in total. The van der Waals surface area contributed by atoms with Gasteiger partial charge in [0.25, 0.3) is 0 Å². The van der Waals surface area contributed by atoms with Gasteiger partial charge < -0.3 is 96.3 Å². The summed E-state index contributed by atoms with van der Waals surface area (Å²) in [7, 11) is 0. The summed E-state index contributed by atoms with van der Waals surface area (Å²) in [5.74, 6) is -17.4. The summed E-state index contributed by atoms with van der Waals surface area (Å²) < 4.78 is 0. The van der Waals surface area contributed by atoms with Gasteiger partial charge in [-0.2, -0.15) is 25.3 Å². The Bertz CT molecular complexity index is 2500. The van der Waals surface area contributed by atoms with Gasteiger partial charge in [0.2, 0.25) is 59.1 Å². The topological polar surface area (TPSA) is 548 Å². The Kier molecular flexibility index (Phi) is 32.8. The Morgan fingerprint density at radius 2 is 1.00 bits per heavy atom. The highest BCUT2D eigenvalue weighted by Gasteiger charge is 2.38. The number of hydrogen-bond acceptors (Lipinski definition) is 19. The molecule has 470 valence electrons. The summed E-state index contributed by atoms with van der Waals surface area (Å²) in [6.07, 6.45) is -4.98. The van der Waals surface area contributed by atoms with E-state index in [1.165, 1.54) is 31.2 Å². The number of rotatable bonds is 39. The minimum Gasteiger partial charge on any atom is -0.508 e. The van der Waals surface area contributed by atoms with E-state index >= 15 is 0 Å². The zero-order valence-electron chi connectivity index (χ0n) is 47.0. The van der Waals surface area contributed by atoms with Crippen LogP contribution in [0.25, 0.3) is 0 Å². The van der Waals surface area contributed by atoms with Crippen LogP contribution in [0.3, 0.4) is 0 Å². The van der Waals surface area contributed by atoms with Gasteiger partial charge >= 0.3 is 17.9 Å². The van der Waals surface area contributed by atoms with Gasteiger partial charge in [-0.05, 0) is 62.1 Å². The largest absolute Gasteiger partial charge is 0.508 e. The molecule has 10 amide bonds. The Morgan fingerprint density at radius 1 is 0.548 bits per heavy atom. The molecule has 12 atom stereocenters. The van der Waals surface area contributed by atoms with Crippen molar-refractivity contribution in [3.63, 3.8) is 0 Å². The molecule has 0 aliphatic rings. The number of aliphatic imine (C=N–C) groups is 1. The number of carboxylic acid groups (broad SMARTS) is 3. The van der Waals surface area contributed by atoms with E-state index in [1.807, 2.05) is 0 Å². The number of benzene rings is 1. The second kappa shape index (κ2) is 37.3. The molecule has 0 unspecified atom stereocenters. The van der Waals surface area contributed by atoms with Crippen LogP contribution in [-0.2, 0) is 68.7 Å². The molecule has 1 aromatic rings. The van der Waals surface area contributed by atoms with Crippen LogP contribution in [0.1, 0.15) is 91.5 Å². The molecule has 0 aliphatic heterocycles. The van der Waals surface area contributed by atoms with Crippen LogP contribution in [0.4, 0.5) is 0 Å². The fourth-order valence-electron chi connectivity index (χ4n) is 7.66. The number of nitrogens with one attached hydrogen (secondary N) is 9. The molecule has 0 saturated heterocycles. The summed E-state index contributed by atoms with van der Waals surface area (Å²) in [5, 5.41) is 70.3.